The van der Waals surface area contributed by atoms with Crippen molar-refractivity contribution in [2.45, 2.75) is 24.4 Å². The number of rotatable bonds is 2. The van der Waals surface area contributed by atoms with Crippen LogP contribution in [-0.2, 0) is 11.6 Å². The topological polar surface area (TPSA) is 64.9 Å². The fourth-order valence-corrected chi connectivity index (χ4v) is 3.11. The molecule has 1 saturated carbocycles. The molecule has 0 radical (unpaired) electrons. The predicted molar refractivity (Wildman–Crippen MR) is 86.9 cm³/mol. The van der Waals surface area contributed by atoms with Crippen LogP contribution < -0.4 is 0 Å². The summed E-state index contributed by atoms with van der Waals surface area (Å²) < 4.78 is 40.5. The van der Waals surface area contributed by atoms with E-state index in [1.165, 1.54) is 12.3 Å². The lowest BCUT2D eigenvalue weighted by Crippen LogP contribution is -2.10. The van der Waals surface area contributed by atoms with Crippen molar-refractivity contribution >= 4 is 5.52 Å². The molecule has 0 unspecified atom stereocenters. The average molecular weight is 352 g/mol. The average Bonchev–Trinajstić information content (AvgIpc) is 3.34. The second-order valence-corrected chi connectivity index (χ2v) is 6.34. The third-order valence-electron chi connectivity index (χ3n) is 4.73. The number of hydrogen-bond acceptors (Lipinski definition) is 3. The summed E-state index contributed by atoms with van der Waals surface area (Å²) in [5.74, 6) is -1.12. The van der Waals surface area contributed by atoms with Crippen LogP contribution in [0.4, 0.5) is 13.2 Å². The normalized spacial score (nSPS) is 15.4. The third-order valence-corrected chi connectivity index (χ3v) is 4.73. The molecule has 0 saturated heterocycles. The number of nitriles is 2. The van der Waals surface area contributed by atoms with Gasteiger partial charge in [0, 0.05) is 6.20 Å². The lowest BCUT2D eigenvalue weighted by atomic mass is 9.95. The Morgan fingerprint density at radius 2 is 1.65 bits per heavy atom. The minimum atomic E-state index is -4.66. The van der Waals surface area contributed by atoms with Crippen molar-refractivity contribution in [2.75, 3.05) is 0 Å². The molecule has 1 aromatic carbocycles. The maximum Gasteiger partial charge on any atom is 0.450 e. The molecule has 26 heavy (non-hydrogen) atoms. The van der Waals surface area contributed by atoms with Gasteiger partial charge in [0.25, 0.3) is 0 Å². The molecule has 0 amide bonds. The molecule has 3 aromatic rings. The Bertz CT molecular complexity index is 1090. The van der Waals surface area contributed by atoms with Gasteiger partial charge < -0.3 is 0 Å². The van der Waals surface area contributed by atoms with E-state index in [0.29, 0.717) is 5.56 Å². The lowest BCUT2D eigenvalue weighted by Gasteiger charge is -2.09. The fraction of sp³-hybridized carbons (Fsp3) is 0.211. The molecule has 0 aliphatic heterocycles. The summed E-state index contributed by atoms with van der Waals surface area (Å²) in [6, 6.07) is 14.4. The quantitative estimate of drug-likeness (QED) is 0.684. The van der Waals surface area contributed by atoms with Crippen LogP contribution in [0.1, 0.15) is 29.9 Å². The van der Waals surface area contributed by atoms with E-state index in [1.807, 2.05) is 12.1 Å². The molecule has 0 N–H and O–H groups in total. The van der Waals surface area contributed by atoms with Gasteiger partial charge >= 0.3 is 6.18 Å². The number of nitrogens with zero attached hydrogens (tertiary/aromatic N) is 4. The number of alkyl halides is 3. The number of imidazole rings is 1. The van der Waals surface area contributed by atoms with E-state index >= 15 is 0 Å². The Labute approximate surface area is 146 Å². The van der Waals surface area contributed by atoms with Crippen molar-refractivity contribution in [1.29, 1.82) is 10.5 Å². The van der Waals surface area contributed by atoms with E-state index < -0.39 is 17.4 Å². The van der Waals surface area contributed by atoms with Crippen LogP contribution in [0.5, 0.6) is 0 Å². The molecule has 7 heteroatoms. The smallest absolute Gasteiger partial charge is 0.294 e. The highest BCUT2D eigenvalue weighted by Crippen LogP contribution is 2.47. The van der Waals surface area contributed by atoms with Crippen molar-refractivity contribution in [3.63, 3.8) is 0 Å². The molecule has 4 rings (SSSR count). The summed E-state index contributed by atoms with van der Waals surface area (Å²) in [7, 11) is 0. The van der Waals surface area contributed by atoms with Crippen molar-refractivity contribution in [3.05, 3.63) is 59.7 Å². The molecule has 1 fully saturated rings. The molecule has 0 spiro atoms. The van der Waals surface area contributed by atoms with Crippen molar-refractivity contribution in [1.82, 2.24) is 9.38 Å². The molecule has 1 aliphatic carbocycles. The van der Waals surface area contributed by atoms with Gasteiger partial charge in [0.15, 0.2) is 5.69 Å². The molecule has 128 valence electrons. The van der Waals surface area contributed by atoms with Crippen LogP contribution in [-0.4, -0.2) is 9.38 Å². The van der Waals surface area contributed by atoms with Crippen LogP contribution in [0.2, 0.25) is 0 Å². The van der Waals surface area contributed by atoms with E-state index in [0.717, 1.165) is 28.4 Å². The number of benzene rings is 1. The van der Waals surface area contributed by atoms with Crippen LogP contribution in [0, 0.1) is 22.7 Å². The zero-order chi connectivity index (χ0) is 18.5. The summed E-state index contributed by atoms with van der Waals surface area (Å²) >= 11 is 0. The Morgan fingerprint density at radius 3 is 2.19 bits per heavy atom. The molecule has 1 aliphatic rings. The number of pyridine rings is 1. The Balaban J connectivity index is 1.81. The largest absolute Gasteiger partial charge is 0.450 e. The SMILES string of the molecule is N#Cc1nc(C(F)(F)F)n2cc(-c3ccc(C4(C#N)CC4)cc3)ccc12. The van der Waals surface area contributed by atoms with Crippen molar-refractivity contribution in [3.8, 4) is 23.3 Å². The van der Waals surface area contributed by atoms with E-state index in [9.17, 15) is 18.4 Å². The first-order valence-electron chi connectivity index (χ1n) is 7.89. The molecule has 0 atom stereocenters. The minimum absolute atomic E-state index is 0.113. The van der Waals surface area contributed by atoms with E-state index in [2.05, 4.69) is 11.1 Å². The Morgan fingerprint density at radius 1 is 1.00 bits per heavy atom. The number of fused-ring (bicyclic) bond motifs is 1. The second kappa shape index (κ2) is 5.34. The molecule has 4 nitrogen and oxygen atoms in total. The van der Waals surface area contributed by atoms with Gasteiger partial charge in [0.2, 0.25) is 5.82 Å². The van der Waals surface area contributed by atoms with E-state index in [4.69, 9.17) is 5.26 Å². The fourth-order valence-electron chi connectivity index (χ4n) is 3.11. The summed E-state index contributed by atoms with van der Waals surface area (Å²) in [6.45, 7) is 0. The second-order valence-electron chi connectivity index (χ2n) is 6.34. The zero-order valence-electron chi connectivity index (χ0n) is 13.4. The van der Waals surface area contributed by atoms with Crippen LogP contribution in [0.15, 0.2) is 42.6 Å². The van der Waals surface area contributed by atoms with Crippen LogP contribution in [0.3, 0.4) is 0 Å². The Hall–Kier alpha value is -3.32. The van der Waals surface area contributed by atoms with Gasteiger partial charge in [-0.3, -0.25) is 4.40 Å². The van der Waals surface area contributed by atoms with Gasteiger partial charge in [-0.1, -0.05) is 30.3 Å². The van der Waals surface area contributed by atoms with E-state index in [-0.39, 0.29) is 11.2 Å². The summed E-state index contributed by atoms with van der Waals surface area (Å²) in [5, 5.41) is 18.3. The van der Waals surface area contributed by atoms with Gasteiger partial charge in [-0.2, -0.15) is 23.7 Å². The van der Waals surface area contributed by atoms with Gasteiger partial charge in [-0.05, 0) is 35.6 Å². The van der Waals surface area contributed by atoms with Gasteiger partial charge in [0.1, 0.15) is 6.07 Å². The number of halogens is 3. The molecular formula is C19H11F3N4. The Kier molecular flexibility index (Phi) is 3.32. The molecule has 2 heterocycles. The summed E-state index contributed by atoms with van der Waals surface area (Å²) in [4.78, 5) is 3.42. The maximum atomic E-state index is 13.2. The number of aromatic nitrogens is 2. The van der Waals surface area contributed by atoms with Crippen LogP contribution >= 0.6 is 0 Å². The molecule has 0 bridgehead atoms. The molecular weight excluding hydrogens is 341 g/mol. The standard InChI is InChI=1S/C19H11F3N4/c20-19(21,22)17-25-15(9-23)16-6-3-13(10-26(16)17)12-1-4-14(5-2-12)18(11-24)7-8-18/h1-6,10H,7-8H2. The summed E-state index contributed by atoms with van der Waals surface area (Å²) in [5.41, 5.74) is 1.67. The third kappa shape index (κ3) is 2.41. The summed E-state index contributed by atoms with van der Waals surface area (Å²) in [6.07, 6.45) is -1.67. The first kappa shape index (κ1) is 16.2. The first-order valence-corrected chi connectivity index (χ1v) is 7.89. The van der Waals surface area contributed by atoms with Crippen molar-refractivity contribution in [2.24, 2.45) is 0 Å². The zero-order valence-corrected chi connectivity index (χ0v) is 13.4. The molecule has 2 aromatic heterocycles. The lowest BCUT2D eigenvalue weighted by molar-refractivity contribution is -0.145. The highest BCUT2D eigenvalue weighted by molar-refractivity contribution is 5.69. The maximum absolute atomic E-state index is 13.2. The monoisotopic (exact) mass is 352 g/mol. The first-order chi connectivity index (χ1) is 12.4. The number of hydrogen-bond donors (Lipinski definition) is 0. The van der Waals surface area contributed by atoms with Gasteiger partial charge in [-0.15, -0.1) is 0 Å². The van der Waals surface area contributed by atoms with Gasteiger partial charge in [0.05, 0.1) is 17.0 Å². The van der Waals surface area contributed by atoms with Crippen molar-refractivity contribution < 1.29 is 13.2 Å². The van der Waals surface area contributed by atoms with Crippen LogP contribution in [0.25, 0.3) is 16.6 Å². The minimum Gasteiger partial charge on any atom is -0.294 e. The van der Waals surface area contributed by atoms with E-state index in [1.54, 1.807) is 24.3 Å². The highest BCUT2D eigenvalue weighted by Gasteiger charge is 2.44. The van der Waals surface area contributed by atoms with Gasteiger partial charge in [-0.25, -0.2) is 4.98 Å². The highest BCUT2D eigenvalue weighted by atomic mass is 19.4. The predicted octanol–water partition coefficient (Wildman–Crippen LogP) is 4.45.